The minimum atomic E-state index is 0.948. The van der Waals surface area contributed by atoms with Gasteiger partial charge in [-0.3, -0.25) is 4.98 Å². The molecule has 0 bridgehead atoms. The standard InChI is InChI=1S/C17H17NO/c1-19-16-5-6-17-14(3-2-4-15(17)12-16)11-13-7-9-18-10-8-13/h5-12H,2-4H2,1H3/b14-11+. The van der Waals surface area contributed by atoms with Gasteiger partial charge in [-0.15, -0.1) is 0 Å². The lowest BCUT2D eigenvalue weighted by Crippen LogP contribution is -2.02. The third kappa shape index (κ3) is 2.53. The van der Waals surface area contributed by atoms with Gasteiger partial charge in [-0.1, -0.05) is 12.1 Å². The smallest absolute Gasteiger partial charge is 0.119 e. The second-order valence-corrected chi connectivity index (χ2v) is 4.83. The molecular formula is C17H17NO. The summed E-state index contributed by atoms with van der Waals surface area (Å²) < 4.78 is 5.31. The fourth-order valence-corrected chi connectivity index (χ4v) is 2.63. The van der Waals surface area contributed by atoms with Crippen molar-refractivity contribution in [2.24, 2.45) is 0 Å². The zero-order valence-corrected chi connectivity index (χ0v) is 11.1. The van der Waals surface area contributed by atoms with Gasteiger partial charge in [0.15, 0.2) is 0 Å². The molecule has 0 unspecified atom stereocenters. The first-order chi connectivity index (χ1) is 9.36. The maximum absolute atomic E-state index is 5.31. The highest BCUT2D eigenvalue weighted by Gasteiger charge is 2.14. The predicted molar refractivity (Wildman–Crippen MR) is 78.0 cm³/mol. The van der Waals surface area contributed by atoms with E-state index >= 15 is 0 Å². The first-order valence-electron chi connectivity index (χ1n) is 6.65. The molecule has 1 aromatic carbocycles. The van der Waals surface area contributed by atoms with E-state index in [1.54, 1.807) is 7.11 Å². The molecule has 19 heavy (non-hydrogen) atoms. The topological polar surface area (TPSA) is 22.1 Å². The summed E-state index contributed by atoms with van der Waals surface area (Å²) in [5.74, 6) is 0.948. The number of rotatable bonds is 2. The quantitative estimate of drug-likeness (QED) is 0.805. The van der Waals surface area contributed by atoms with Gasteiger partial charge in [-0.25, -0.2) is 0 Å². The summed E-state index contributed by atoms with van der Waals surface area (Å²) in [7, 11) is 1.72. The van der Waals surface area contributed by atoms with E-state index in [2.05, 4.69) is 23.2 Å². The van der Waals surface area contributed by atoms with Gasteiger partial charge in [-0.05, 0) is 65.8 Å². The lowest BCUT2D eigenvalue weighted by Gasteiger charge is -2.20. The van der Waals surface area contributed by atoms with Crippen LogP contribution in [0.25, 0.3) is 11.6 Å². The van der Waals surface area contributed by atoms with Crippen LogP contribution in [0.3, 0.4) is 0 Å². The van der Waals surface area contributed by atoms with Crippen LogP contribution in [0.1, 0.15) is 29.5 Å². The highest BCUT2D eigenvalue weighted by molar-refractivity contribution is 5.83. The Bertz CT molecular complexity index is 602. The normalized spacial score (nSPS) is 16.2. The lowest BCUT2D eigenvalue weighted by atomic mass is 9.86. The van der Waals surface area contributed by atoms with Crippen molar-refractivity contribution >= 4 is 11.6 Å². The van der Waals surface area contributed by atoms with E-state index in [0.717, 1.165) is 18.6 Å². The first-order valence-corrected chi connectivity index (χ1v) is 6.65. The van der Waals surface area contributed by atoms with Crippen molar-refractivity contribution in [1.82, 2.24) is 4.98 Å². The van der Waals surface area contributed by atoms with Crippen molar-refractivity contribution in [2.75, 3.05) is 7.11 Å². The van der Waals surface area contributed by atoms with E-state index in [9.17, 15) is 0 Å². The number of hydrogen-bond acceptors (Lipinski definition) is 2. The summed E-state index contributed by atoms with van der Waals surface area (Å²) in [5.41, 5.74) is 5.39. The summed E-state index contributed by atoms with van der Waals surface area (Å²) in [6.07, 6.45) is 9.43. The van der Waals surface area contributed by atoms with Crippen LogP contribution in [-0.2, 0) is 6.42 Å². The SMILES string of the molecule is COc1ccc2c(c1)CCC/C2=C\c1ccncc1. The molecule has 1 aliphatic carbocycles. The molecule has 3 rings (SSSR count). The van der Waals surface area contributed by atoms with Crippen molar-refractivity contribution in [3.63, 3.8) is 0 Å². The number of pyridine rings is 1. The van der Waals surface area contributed by atoms with Gasteiger partial charge >= 0.3 is 0 Å². The van der Waals surface area contributed by atoms with Gasteiger partial charge in [-0.2, -0.15) is 0 Å². The van der Waals surface area contributed by atoms with Crippen molar-refractivity contribution in [3.05, 3.63) is 59.4 Å². The molecule has 0 amide bonds. The lowest BCUT2D eigenvalue weighted by molar-refractivity contribution is 0.414. The monoisotopic (exact) mass is 251 g/mol. The maximum Gasteiger partial charge on any atom is 0.119 e. The van der Waals surface area contributed by atoms with Gasteiger partial charge in [0.05, 0.1) is 7.11 Å². The number of benzene rings is 1. The van der Waals surface area contributed by atoms with Crippen LogP contribution in [0.4, 0.5) is 0 Å². The Morgan fingerprint density at radius 1 is 1.11 bits per heavy atom. The van der Waals surface area contributed by atoms with Crippen LogP contribution in [-0.4, -0.2) is 12.1 Å². The Hall–Kier alpha value is -2.09. The minimum Gasteiger partial charge on any atom is -0.497 e. The fourth-order valence-electron chi connectivity index (χ4n) is 2.63. The zero-order chi connectivity index (χ0) is 13.1. The van der Waals surface area contributed by atoms with Crippen molar-refractivity contribution in [2.45, 2.75) is 19.3 Å². The number of ether oxygens (including phenoxy) is 1. The van der Waals surface area contributed by atoms with Gasteiger partial charge < -0.3 is 4.74 Å². The number of hydrogen-bond donors (Lipinski definition) is 0. The molecule has 0 saturated heterocycles. The number of aryl methyl sites for hydroxylation is 1. The Labute approximate surface area is 113 Å². The Balaban J connectivity index is 2.01. The molecular weight excluding hydrogens is 234 g/mol. The molecule has 2 aromatic rings. The molecule has 0 spiro atoms. The second-order valence-electron chi connectivity index (χ2n) is 4.83. The molecule has 2 heteroatoms. The number of nitrogens with zero attached hydrogens (tertiary/aromatic N) is 1. The minimum absolute atomic E-state index is 0.948. The largest absolute Gasteiger partial charge is 0.497 e. The maximum atomic E-state index is 5.31. The van der Waals surface area contributed by atoms with Crippen LogP contribution in [0.5, 0.6) is 5.75 Å². The molecule has 1 aromatic heterocycles. The summed E-state index contributed by atoms with van der Waals surface area (Å²) in [4.78, 5) is 4.06. The zero-order valence-electron chi connectivity index (χ0n) is 11.1. The molecule has 1 heterocycles. The number of allylic oxidation sites excluding steroid dienone is 1. The summed E-state index contributed by atoms with van der Waals surface area (Å²) >= 11 is 0. The number of aromatic nitrogens is 1. The molecule has 0 radical (unpaired) electrons. The average Bonchev–Trinajstić information content (AvgIpc) is 2.48. The van der Waals surface area contributed by atoms with Gasteiger partial charge in [0.1, 0.15) is 5.75 Å². The Morgan fingerprint density at radius 3 is 2.74 bits per heavy atom. The number of methoxy groups -OCH3 is 1. The highest BCUT2D eigenvalue weighted by Crippen LogP contribution is 2.34. The summed E-state index contributed by atoms with van der Waals surface area (Å²) in [5, 5.41) is 0. The van der Waals surface area contributed by atoms with Gasteiger partial charge in [0.2, 0.25) is 0 Å². The van der Waals surface area contributed by atoms with Crippen LogP contribution in [0.2, 0.25) is 0 Å². The molecule has 0 atom stereocenters. The van der Waals surface area contributed by atoms with E-state index in [-0.39, 0.29) is 0 Å². The highest BCUT2D eigenvalue weighted by atomic mass is 16.5. The summed E-state index contributed by atoms with van der Waals surface area (Å²) in [6.45, 7) is 0. The Morgan fingerprint density at radius 2 is 1.95 bits per heavy atom. The average molecular weight is 251 g/mol. The van der Waals surface area contributed by atoms with Crippen LogP contribution in [0, 0.1) is 0 Å². The third-order valence-electron chi connectivity index (χ3n) is 3.60. The molecule has 0 saturated carbocycles. The van der Waals surface area contributed by atoms with Crippen LogP contribution < -0.4 is 4.74 Å². The number of fused-ring (bicyclic) bond motifs is 1. The van der Waals surface area contributed by atoms with Crippen molar-refractivity contribution in [1.29, 1.82) is 0 Å². The predicted octanol–water partition coefficient (Wildman–Crippen LogP) is 3.97. The molecule has 96 valence electrons. The van der Waals surface area contributed by atoms with E-state index < -0.39 is 0 Å². The molecule has 0 fully saturated rings. The van der Waals surface area contributed by atoms with Crippen LogP contribution in [0.15, 0.2) is 42.7 Å². The van der Waals surface area contributed by atoms with E-state index in [4.69, 9.17) is 4.74 Å². The fraction of sp³-hybridized carbons (Fsp3) is 0.235. The first kappa shape index (κ1) is 12.0. The molecule has 2 nitrogen and oxygen atoms in total. The summed E-state index contributed by atoms with van der Waals surface area (Å²) in [6, 6.07) is 10.5. The molecule has 1 aliphatic rings. The van der Waals surface area contributed by atoms with Crippen molar-refractivity contribution < 1.29 is 4.74 Å². The van der Waals surface area contributed by atoms with Gasteiger partial charge in [0.25, 0.3) is 0 Å². The second kappa shape index (κ2) is 5.27. The van der Waals surface area contributed by atoms with Crippen molar-refractivity contribution in [3.8, 4) is 5.75 Å². The van der Waals surface area contributed by atoms with Crippen LogP contribution >= 0.6 is 0 Å². The van der Waals surface area contributed by atoms with E-state index in [1.807, 2.05) is 30.6 Å². The molecule has 0 aliphatic heterocycles. The Kier molecular flexibility index (Phi) is 3.32. The van der Waals surface area contributed by atoms with E-state index in [0.29, 0.717) is 0 Å². The van der Waals surface area contributed by atoms with E-state index in [1.165, 1.54) is 28.7 Å². The van der Waals surface area contributed by atoms with Gasteiger partial charge in [0, 0.05) is 12.4 Å². The third-order valence-corrected chi connectivity index (χ3v) is 3.60. The molecule has 0 N–H and O–H groups in total.